The third-order valence-corrected chi connectivity index (χ3v) is 7.62. The van der Waals surface area contributed by atoms with Gasteiger partial charge in [-0.2, -0.15) is 0 Å². The molecule has 2 aliphatic rings. The van der Waals surface area contributed by atoms with E-state index in [0.717, 1.165) is 55.5 Å². The normalized spacial score (nSPS) is 19.1. The van der Waals surface area contributed by atoms with Crippen molar-refractivity contribution in [1.82, 2.24) is 24.6 Å². The van der Waals surface area contributed by atoms with Crippen LogP contribution in [0.5, 0.6) is 0 Å². The second-order valence-electron chi connectivity index (χ2n) is 7.79. The number of rotatable bonds is 3. The van der Waals surface area contributed by atoms with E-state index >= 15 is 0 Å². The number of carbonyl (C=O) groups is 1. The molecule has 3 aromatic heterocycles. The molecule has 146 valence electrons. The predicted octanol–water partition coefficient (Wildman–Crippen LogP) is 3.07. The Morgan fingerprint density at radius 2 is 1.93 bits per heavy atom. The third-order valence-electron chi connectivity index (χ3n) is 5.87. The molecule has 0 bridgehead atoms. The van der Waals surface area contributed by atoms with E-state index in [0.29, 0.717) is 6.42 Å². The summed E-state index contributed by atoms with van der Waals surface area (Å²) in [5.74, 6) is 2.26. The van der Waals surface area contributed by atoms with Gasteiger partial charge in [-0.25, -0.2) is 0 Å². The minimum atomic E-state index is -0.0368. The van der Waals surface area contributed by atoms with Gasteiger partial charge in [0.2, 0.25) is 5.91 Å². The van der Waals surface area contributed by atoms with E-state index in [4.69, 9.17) is 0 Å². The maximum absolute atomic E-state index is 12.7. The van der Waals surface area contributed by atoms with E-state index in [1.54, 1.807) is 22.7 Å². The van der Waals surface area contributed by atoms with Gasteiger partial charge < -0.3 is 9.47 Å². The second kappa shape index (κ2) is 7.09. The molecule has 1 amide bonds. The zero-order chi connectivity index (χ0) is 19.1. The summed E-state index contributed by atoms with van der Waals surface area (Å²) in [7, 11) is 2.15. The molecular formula is C20H23N5OS2. The van der Waals surface area contributed by atoms with Gasteiger partial charge in [0.25, 0.3) is 0 Å². The molecule has 0 N–H and O–H groups in total. The molecule has 1 spiro atoms. The van der Waals surface area contributed by atoms with E-state index in [1.807, 2.05) is 22.4 Å². The molecule has 5 heterocycles. The first-order chi connectivity index (χ1) is 13.6. The summed E-state index contributed by atoms with van der Waals surface area (Å²) < 4.78 is 2.39. The molecule has 1 fully saturated rings. The monoisotopic (exact) mass is 413 g/mol. The zero-order valence-corrected chi connectivity index (χ0v) is 17.5. The minimum absolute atomic E-state index is 0.0368. The van der Waals surface area contributed by atoms with Gasteiger partial charge in [0.05, 0.1) is 23.4 Å². The van der Waals surface area contributed by atoms with E-state index in [1.165, 1.54) is 4.88 Å². The number of piperidine rings is 1. The van der Waals surface area contributed by atoms with Gasteiger partial charge >= 0.3 is 0 Å². The molecule has 8 heteroatoms. The lowest BCUT2D eigenvalue weighted by molar-refractivity contribution is -0.132. The molecule has 0 unspecified atom stereocenters. The Hall–Kier alpha value is -2.03. The molecule has 0 saturated carbocycles. The molecule has 0 atom stereocenters. The number of hydrogen-bond donors (Lipinski definition) is 0. The van der Waals surface area contributed by atoms with E-state index < -0.39 is 0 Å². The van der Waals surface area contributed by atoms with Crippen molar-refractivity contribution >= 4 is 28.6 Å². The maximum Gasteiger partial charge on any atom is 0.227 e. The Morgan fingerprint density at radius 1 is 1.14 bits per heavy atom. The van der Waals surface area contributed by atoms with Crippen LogP contribution >= 0.6 is 22.7 Å². The van der Waals surface area contributed by atoms with Gasteiger partial charge in [-0.1, -0.05) is 12.1 Å². The van der Waals surface area contributed by atoms with Crippen molar-refractivity contribution in [3.05, 3.63) is 45.7 Å². The Balaban J connectivity index is 1.40. The van der Waals surface area contributed by atoms with Crippen LogP contribution in [0.2, 0.25) is 0 Å². The topological polar surface area (TPSA) is 54.3 Å². The van der Waals surface area contributed by atoms with Crippen molar-refractivity contribution in [2.45, 2.75) is 31.3 Å². The van der Waals surface area contributed by atoms with Crippen LogP contribution in [0.15, 0.2) is 35.0 Å². The van der Waals surface area contributed by atoms with Crippen molar-refractivity contribution in [1.29, 1.82) is 0 Å². The first-order valence-corrected chi connectivity index (χ1v) is 11.4. The minimum Gasteiger partial charge on any atom is -0.342 e. The molecular weight excluding hydrogens is 390 g/mol. The molecule has 6 nitrogen and oxygen atoms in total. The Morgan fingerprint density at radius 3 is 2.64 bits per heavy atom. The number of fused-ring (bicyclic) bond motifs is 2. The molecule has 2 aliphatic heterocycles. The Kier molecular flexibility index (Phi) is 4.57. The van der Waals surface area contributed by atoms with Crippen LogP contribution in [-0.2, 0) is 23.3 Å². The predicted molar refractivity (Wildman–Crippen MR) is 111 cm³/mol. The lowest BCUT2D eigenvalue weighted by atomic mass is 9.84. The van der Waals surface area contributed by atoms with Gasteiger partial charge in [-0.15, -0.1) is 32.9 Å². The first kappa shape index (κ1) is 18.0. The quantitative estimate of drug-likeness (QED) is 0.662. The van der Waals surface area contributed by atoms with E-state index in [2.05, 4.69) is 44.2 Å². The molecule has 1 saturated heterocycles. The average molecular weight is 414 g/mol. The fourth-order valence-electron chi connectivity index (χ4n) is 4.58. The first-order valence-electron chi connectivity index (χ1n) is 9.62. The van der Waals surface area contributed by atoms with Crippen LogP contribution in [0.4, 0.5) is 0 Å². The summed E-state index contributed by atoms with van der Waals surface area (Å²) in [5, 5.41) is 13.2. The average Bonchev–Trinajstić information content (AvgIpc) is 3.43. The molecule has 28 heavy (non-hydrogen) atoms. The smallest absolute Gasteiger partial charge is 0.227 e. The van der Waals surface area contributed by atoms with Crippen LogP contribution < -0.4 is 0 Å². The van der Waals surface area contributed by atoms with Gasteiger partial charge in [0, 0.05) is 24.5 Å². The number of likely N-dealkylation sites (N-methyl/N-ethyl adjacent to an activating group) is 1. The van der Waals surface area contributed by atoms with Crippen LogP contribution in [0.1, 0.15) is 23.5 Å². The molecule has 0 aromatic carbocycles. The molecule has 0 aliphatic carbocycles. The van der Waals surface area contributed by atoms with Crippen molar-refractivity contribution < 1.29 is 4.79 Å². The highest BCUT2D eigenvalue weighted by molar-refractivity contribution is 7.13. The highest BCUT2D eigenvalue weighted by Crippen LogP contribution is 2.39. The zero-order valence-electron chi connectivity index (χ0n) is 15.9. The lowest BCUT2D eigenvalue weighted by Gasteiger charge is -2.48. The largest absolute Gasteiger partial charge is 0.342 e. The van der Waals surface area contributed by atoms with Crippen LogP contribution in [0.25, 0.3) is 10.7 Å². The summed E-state index contributed by atoms with van der Waals surface area (Å²) in [6.45, 7) is 3.38. The van der Waals surface area contributed by atoms with Crippen LogP contribution in [-0.4, -0.2) is 57.2 Å². The van der Waals surface area contributed by atoms with Gasteiger partial charge in [-0.3, -0.25) is 9.69 Å². The maximum atomic E-state index is 12.7. The number of thiophene rings is 2. The van der Waals surface area contributed by atoms with Crippen molar-refractivity contribution in [2.24, 2.45) is 0 Å². The number of likely N-dealkylation sites (tertiary alicyclic amines) is 1. The number of aromatic nitrogens is 3. The summed E-state index contributed by atoms with van der Waals surface area (Å²) >= 11 is 3.36. The Bertz CT molecular complexity index is 955. The van der Waals surface area contributed by atoms with Crippen LogP contribution in [0, 0.1) is 0 Å². The molecule has 3 aromatic rings. The number of amides is 1. The van der Waals surface area contributed by atoms with Crippen molar-refractivity contribution in [2.75, 3.05) is 26.7 Å². The third kappa shape index (κ3) is 3.09. The summed E-state index contributed by atoms with van der Waals surface area (Å²) in [6.07, 6.45) is 2.40. The highest BCUT2D eigenvalue weighted by atomic mass is 32.1. The van der Waals surface area contributed by atoms with E-state index in [-0.39, 0.29) is 11.4 Å². The fraction of sp³-hybridized carbons (Fsp3) is 0.450. The molecule has 5 rings (SSSR count). The lowest BCUT2D eigenvalue weighted by Crippen LogP contribution is -2.56. The highest BCUT2D eigenvalue weighted by Gasteiger charge is 2.44. The van der Waals surface area contributed by atoms with E-state index in [9.17, 15) is 4.79 Å². The van der Waals surface area contributed by atoms with Crippen LogP contribution in [0.3, 0.4) is 0 Å². The molecule has 0 radical (unpaired) electrons. The van der Waals surface area contributed by atoms with Crippen molar-refractivity contribution in [3.63, 3.8) is 0 Å². The second-order valence-corrected chi connectivity index (χ2v) is 9.77. The van der Waals surface area contributed by atoms with Gasteiger partial charge in [0.15, 0.2) is 5.82 Å². The Labute approximate surface area is 172 Å². The number of hydrogen-bond acceptors (Lipinski definition) is 6. The summed E-state index contributed by atoms with van der Waals surface area (Å²) in [5.41, 5.74) is -0.0368. The fourth-order valence-corrected chi connectivity index (χ4v) is 5.98. The summed E-state index contributed by atoms with van der Waals surface area (Å²) in [4.78, 5) is 19.4. The van der Waals surface area contributed by atoms with Gasteiger partial charge in [0.1, 0.15) is 5.82 Å². The standard InChI is InChI=1S/C20H23N5OS2/c1-23-13-17-21-22-19(16-5-3-11-28-16)25(17)20(14-23)6-8-24(9-7-20)18(26)12-15-4-2-10-27-15/h2-5,10-11H,6-9,12-14H2,1H3. The summed E-state index contributed by atoms with van der Waals surface area (Å²) in [6, 6.07) is 8.24. The van der Waals surface area contributed by atoms with Crippen molar-refractivity contribution in [3.8, 4) is 10.7 Å². The number of carbonyl (C=O) groups excluding carboxylic acids is 1. The number of nitrogens with zero attached hydrogens (tertiary/aromatic N) is 5. The van der Waals surface area contributed by atoms with Gasteiger partial charge in [-0.05, 0) is 42.8 Å². The SMILES string of the molecule is CN1Cc2nnc(-c3cccs3)n2C2(CCN(C(=O)Cc3cccs3)CC2)C1.